The molecular formula is C6H16O5. The second-order valence-corrected chi connectivity index (χ2v) is 1.94. The van der Waals surface area contributed by atoms with Gasteiger partial charge in [-0.25, -0.2) is 0 Å². The van der Waals surface area contributed by atoms with Crippen molar-refractivity contribution in [2.24, 2.45) is 0 Å². The standard InChI is InChI=1S/C4H10O3.C2H6O2/c1-3(6)4(7)2-5;3-1-2-4/h3-7H,2H2,1H3;3-4H,1-2H2. The molecule has 0 fully saturated rings. The van der Waals surface area contributed by atoms with Crippen LogP contribution < -0.4 is 0 Å². The highest BCUT2D eigenvalue weighted by Gasteiger charge is 2.06. The molecule has 11 heavy (non-hydrogen) atoms. The average molecular weight is 168 g/mol. The average Bonchev–Trinajstić information content (AvgIpc) is 2.03. The zero-order valence-corrected chi connectivity index (χ0v) is 6.51. The van der Waals surface area contributed by atoms with E-state index in [1.54, 1.807) is 0 Å². The molecule has 5 N–H and O–H groups in total. The molecule has 0 rings (SSSR count). The Hall–Kier alpha value is -0.200. The van der Waals surface area contributed by atoms with Crippen molar-refractivity contribution in [2.45, 2.75) is 19.1 Å². The van der Waals surface area contributed by atoms with E-state index in [9.17, 15) is 0 Å². The quantitative estimate of drug-likeness (QED) is 0.326. The third-order valence-electron chi connectivity index (χ3n) is 0.844. The smallest absolute Gasteiger partial charge is 0.103 e. The Bertz CT molecular complexity index is 64.0. The summed E-state index contributed by atoms with van der Waals surface area (Å²) in [5.74, 6) is 0. The summed E-state index contributed by atoms with van der Waals surface area (Å²) in [7, 11) is 0. The molecule has 5 heteroatoms. The Labute approximate surface area is 65.5 Å². The lowest BCUT2D eigenvalue weighted by Crippen LogP contribution is -2.25. The second-order valence-electron chi connectivity index (χ2n) is 1.94. The monoisotopic (exact) mass is 168 g/mol. The van der Waals surface area contributed by atoms with Crippen molar-refractivity contribution in [3.8, 4) is 0 Å². The van der Waals surface area contributed by atoms with E-state index < -0.39 is 12.2 Å². The van der Waals surface area contributed by atoms with Gasteiger partial charge in [-0.2, -0.15) is 0 Å². The first-order chi connectivity index (χ1) is 5.09. The minimum atomic E-state index is -0.986. The third-order valence-corrected chi connectivity index (χ3v) is 0.844. The minimum Gasteiger partial charge on any atom is -0.394 e. The molecule has 5 nitrogen and oxygen atoms in total. The molecule has 0 aliphatic rings. The van der Waals surface area contributed by atoms with Gasteiger partial charge < -0.3 is 25.5 Å². The van der Waals surface area contributed by atoms with E-state index in [0.717, 1.165) is 0 Å². The van der Waals surface area contributed by atoms with Crippen LogP contribution in [0.2, 0.25) is 0 Å². The highest BCUT2D eigenvalue weighted by atomic mass is 16.4. The van der Waals surface area contributed by atoms with E-state index in [2.05, 4.69) is 0 Å². The van der Waals surface area contributed by atoms with Gasteiger partial charge in [-0.1, -0.05) is 0 Å². The molecule has 0 heterocycles. The normalized spacial score (nSPS) is 14.7. The van der Waals surface area contributed by atoms with Gasteiger partial charge in [-0.15, -0.1) is 0 Å². The SMILES string of the molecule is CC(O)C(O)CO.OCCO. The highest BCUT2D eigenvalue weighted by molar-refractivity contribution is 4.57. The van der Waals surface area contributed by atoms with E-state index >= 15 is 0 Å². The van der Waals surface area contributed by atoms with Crippen molar-refractivity contribution in [3.05, 3.63) is 0 Å². The molecule has 0 aromatic rings. The van der Waals surface area contributed by atoms with Crippen LogP contribution in [0.15, 0.2) is 0 Å². The van der Waals surface area contributed by atoms with Crippen molar-refractivity contribution in [2.75, 3.05) is 19.8 Å². The van der Waals surface area contributed by atoms with Gasteiger partial charge in [0.15, 0.2) is 0 Å². The van der Waals surface area contributed by atoms with Gasteiger partial charge in [0.25, 0.3) is 0 Å². The summed E-state index contributed by atoms with van der Waals surface area (Å²) in [6, 6.07) is 0. The van der Waals surface area contributed by atoms with Gasteiger partial charge in [-0.05, 0) is 6.92 Å². The molecular weight excluding hydrogens is 152 g/mol. The number of aliphatic hydroxyl groups is 5. The zero-order valence-electron chi connectivity index (χ0n) is 6.51. The summed E-state index contributed by atoms with van der Waals surface area (Å²) >= 11 is 0. The van der Waals surface area contributed by atoms with Crippen molar-refractivity contribution in [1.29, 1.82) is 0 Å². The summed E-state index contributed by atoms with van der Waals surface area (Å²) in [5, 5.41) is 40.2. The number of hydrogen-bond acceptors (Lipinski definition) is 5. The van der Waals surface area contributed by atoms with Gasteiger partial charge in [0, 0.05) is 0 Å². The topological polar surface area (TPSA) is 101 Å². The first-order valence-electron chi connectivity index (χ1n) is 3.28. The van der Waals surface area contributed by atoms with Crippen LogP contribution in [0.5, 0.6) is 0 Å². The van der Waals surface area contributed by atoms with E-state index in [0.29, 0.717) is 0 Å². The molecule has 2 unspecified atom stereocenters. The van der Waals surface area contributed by atoms with Gasteiger partial charge >= 0.3 is 0 Å². The van der Waals surface area contributed by atoms with Crippen LogP contribution in [-0.4, -0.2) is 57.6 Å². The van der Waals surface area contributed by atoms with Gasteiger partial charge in [0.05, 0.1) is 25.9 Å². The Morgan fingerprint density at radius 3 is 1.36 bits per heavy atom. The Kier molecular flexibility index (Phi) is 11.9. The lowest BCUT2D eigenvalue weighted by Gasteiger charge is -2.07. The molecule has 0 aliphatic heterocycles. The summed E-state index contributed by atoms with van der Waals surface area (Å²) in [4.78, 5) is 0. The highest BCUT2D eigenvalue weighted by Crippen LogP contribution is 1.87. The Morgan fingerprint density at radius 2 is 1.36 bits per heavy atom. The van der Waals surface area contributed by atoms with Crippen LogP contribution in [0.1, 0.15) is 6.92 Å². The molecule has 0 spiro atoms. The lowest BCUT2D eigenvalue weighted by molar-refractivity contribution is -0.00425. The van der Waals surface area contributed by atoms with E-state index in [4.69, 9.17) is 25.5 Å². The van der Waals surface area contributed by atoms with Crippen LogP contribution in [0, 0.1) is 0 Å². The molecule has 0 aliphatic carbocycles. The van der Waals surface area contributed by atoms with Crippen molar-refractivity contribution < 1.29 is 25.5 Å². The van der Waals surface area contributed by atoms with E-state index in [1.165, 1.54) is 6.92 Å². The molecule has 0 aromatic heterocycles. The molecule has 2 atom stereocenters. The van der Waals surface area contributed by atoms with Crippen LogP contribution in [0.3, 0.4) is 0 Å². The van der Waals surface area contributed by atoms with Gasteiger partial charge in [-0.3, -0.25) is 0 Å². The number of aliphatic hydroxyl groups excluding tert-OH is 5. The van der Waals surface area contributed by atoms with Crippen LogP contribution in [0.4, 0.5) is 0 Å². The molecule has 0 amide bonds. The third kappa shape index (κ3) is 12.9. The van der Waals surface area contributed by atoms with Crippen molar-refractivity contribution >= 4 is 0 Å². The Balaban J connectivity index is 0. The predicted octanol–water partition coefficient (Wildman–Crippen LogP) is -2.31. The second kappa shape index (κ2) is 9.80. The minimum absolute atomic E-state index is 0.125. The number of hydrogen-bond donors (Lipinski definition) is 5. The molecule has 0 saturated carbocycles. The van der Waals surface area contributed by atoms with Crippen LogP contribution >= 0.6 is 0 Å². The zero-order chi connectivity index (χ0) is 9.28. The van der Waals surface area contributed by atoms with Crippen molar-refractivity contribution in [1.82, 2.24) is 0 Å². The van der Waals surface area contributed by atoms with E-state index in [-0.39, 0.29) is 19.8 Å². The maximum absolute atomic E-state index is 8.44. The molecule has 0 aromatic carbocycles. The number of rotatable bonds is 3. The summed E-state index contributed by atoms with van der Waals surface area (Å²) in [6.07, 6.45) is -1.81. The fourth-order valence-electron chi connectivity index (χ4n) is 0.153. The first kappa shape index (κ1) is 13.4. The maximum atomic E-state index is 8.44. The van der Waals surface area contributed by atoms with Gasteiger partial charge in [0.2, 0.25) is 0 Å². The fraction of sp³-hybridized carbons (Fsp3) is 1.00. The lowest BCUT2D eigenvalue weighted by atomic mass is 10.2. The summed E-state index contributed by atoms with van der Waals surface area (Å²) < 4.78 is 0. The summed E-state index contributed by atoms with van der Waals surface area (Å²) in [5.41, 5.74) is 0. The molecule has 0 saturated heterocycles. The Morgan fingerprint density at radius 1 is 1.00 bits per heavy atom. The molecule has 0 bridgehead atoms. The predicted molar refractivity (Wildman–Crippen MR) is 38.9 cm³/mol. The maximum Gasteiger partial charge on any atom is 0.103 e. The van der Waals surface area contributed by atoms with E-state index in [1.807, 2.05) is 0 Å². The largest absolute Gasteiger partial charge is 0.394 e. The van der Waals surface area contributed by atoms with Gasteiger partial charge in [0.1, 0.15) is 6.10 Å². The molecule has 0 radical (unpaired) electrons. The van der Waals surface area contributed by atoms with Crippen LogP contribution in [-0.2, 0) is 0 Å². The summed E-state index contributed by atoms with van der Waals surface area (Å²) in [6.45, 7) is 0.790. The first-order valence-corrected chi connectivity index (χ1v) is 3.28. The molecule has 70 valence electrons. The van der Waals surface area contributed by atoms with Crippen LogP contribution in [0.25, 0.3) is 0 Å². The van der Waals surface area contributed by atoms with Crippen molar-refractivity contribution in [3.63, 3.8) is 0 Å². The fourth-order valence-corrected chi connectivity index (χ4v) is 0.153.